The Morgan fingerprint density at radius 1 is 1.12 bits per heavy atom. The number of nitrogens with zero attached hydrogens (tertiary/aromatic N) is 1. The van der Waals surface area contributed by atoms with Gasteiger partial charge in [0.1, 0.15) is 17.2 Å². The van der Waals surface area contributed by atoms with E-state index in [1.807, 2.05) is 0 Å². The molecule has 2 amide bonds. The van der Waals surface area contributed by atoms with Crippen LogP contribution in [0.15, 0.2) is 42.5 Å². The highest BCUT2D eigenvalue weighted by atomic mass is 19.1. The van der Waals surface area contributed by atoms with Gasteiger partial charge in [-0.05, 0) is 69.9 Å². The van der Waals surface area contributed by atoms with Crippen LogP contribution in [0.2, 0.25) is 0 Å². The molecule has 0 saturated heterocycles. The van der Waals surface area contributed by atoms with Gasteiger partial charge >= 0.3 is 6.09 Å². The van der Waals surface area contributed by atoms with Crippen LogP contribution in [0, 0.1) is 5.82 Å². The number of carbonyl (C=O) groups is 3. The SMILES string of the molecule is CC(C)(C)OC(=O)N(CCCCC(=O)c1ccc2c(c1)NC(=O)CO2)CCc1ccccc1F. The summed E-state index contributed by atoms with van der Waals surface area (Å²) >= 11 is 0. The van der Waals surface area contributed by atoms with Gasteiger partial charge in [-0.3, -0.25) is 9.59 Å². The molecule has 0 bridgehead atoms. The Kier molecular flexibility index (Phi) is 8.26. The number of halogens is 1. The van der Waals surface area contributed by atoms with Crippen LogP contribution in [0.1, 0.15) is 56.0 Å². The lowest BCUT2D eigenvalue weighted by atomic mass is 10.0. The van der Waals surface area contributed by atoms with E-state index in [2.05, 4.69) is 5.32 Å². The molecule has 0 atom stereocenters. The van der Waals surface area contributed by atoms with Gasteiger partial charge in [-0.1, -0.05) is 18.2 Å². The number of ketones is 1. The molecule has 2 aromatic rings. The minimum absolute atomic E-state index is 0.0364. The van der Waals surface area contributed by atoms with Crippen molar-refractivity contribution in [1.29, 1.82) is 0 Å². The highest BCUT2D eigenvalue weighted by Crippen LogP contribution is 2.29. The molecule has 0 spiro atoms. The van der Waals surface area contributed by atoms with Gasteiger partial charge in [0.05, 0.1) is 5.69 Å². The number of ether oxygens (including phenoxy) is 2. The zero-order valence-corrected chi connectivity index (χ0v) is 19.9. The van der Waals surface area contributed by atoms with Crippen molar-refractivity contribution in [2.45, 2.75) is 52.1 Å². The summed E-state index contributed by atoms with van der Waals surface area (Å²) < 4.78 is 24.8. The molecule has 0 fully saturated rings. The topological polar surface area (TPSA) is 84.9 Å². The molecule has 8 heteroatoms. The van der Waals surface area contributed by atoms with Gasteiger partial charge in [0.2, 0.25) is 0 Å². The Bertz CT molecular complexity index is 1050. The Hall–Kier alpha value is -3.42. The molecule has 0 aliphatic carbocycles. The number of benzene rings is 2. The van der Waals surface area contributed by atoms with Crippen molar-refractivity contribution in [2.24, 2.45) is 0 Å². The quantitative estimate of drug-likeness (QED) is 0.412. The zero-order chi connectivity index (χ0) is 24.7. The van der Waals surface area contributed by atoms with Gasteiger partial charge < -0.3 is 19.7 Å². The summed E-state index contributed by atoms with van der Waals surface area (Å²) in [5.74, 6) is -0.0737. The number of anilines is 1. The smallest absolute Gasteiger partial charge is 0.410 e. The van der Waals surface area contributed by atoms with Crippen LogP contribution in [0.3, 0.4) is 0 Å². The Labute approximate surface area is 199 Å². The van der Waals surface area contributed by atoms with Crippen molar-refractivity contribution < 1.29 is 28.2 Å². The van der Waals surface area contributed by atoms with Crippen molar-refractivity contribution in [3.8, 4) is 5.75 Å². The molecule has 3 rings (SSSR count). The lowest BCUT2D eigenvalue weighted by Gasteiger charge is -2.27. The van der Waals surface area contributed by atoms with Crippen LogP contribution in [-0.2, 0) is 16.0 Å². The van der Waals surface area contributed by atoms with E-state index in [-0.39, 0.29) is 24.1 Å². The fourth-order valence-corrected chi connectivity index (χ4v) is 3.57. The van der Waals surface area contributed by atoms with Gasteiger partial charge in [0.15, 0.2) is 12.4 Å². The minimum Gasteiger partial charge on any atom is -0.482 e. The first-order valence-corrected chi connectivity index (χ1v) is 11.4. The highest BCUT2D eigenvalue weighted by molar-refractivity contribution is 6.00. The third kappa shape index (κ3) is 7.30. The van der Waals surface area contributed by atoms with Crippen LogP contribution in [0.4, 0.5) is 14.9 Å². The van der Waals surface area contributed by atoms with E-state index in [1.54, 1.807) is 62.1 Å². The summed E-state index contributed by atoms with van der Waals surface area (Å²) in [6, 6.07) is 11.5. The van der Waals surface area contributed by atoms with Gasteiger partial charge in [0, 0.05) is 25.1 Å². The molecule has 1 aliphatic rings. The summed E-state index contributed by atoms with van der Waals surface area (Å²) in [6.45, 7) is 6.06. The number of rotatable bonds is 9. The van der Waals surface area contributed by atoms with Crippen LogP contribution >= 0.6 is 0 Å². The number of fused-ring (bicyclic) bond motifs is 1. The van der Waals surface area contributed by atoms with Crippen molar-refractivity contribution in [2.75, 3.05) is 25.0 Å². The molecule has 0 radical (unpaired) electrons. The molecule has 0 aromatic heterocycles. The summed E-state index contributed by atoms with van der Waals surface area (Å²) in [5, 5.41) is 2.70. The van der Waals surface area contributed by atoms with E-state index in [4.69, 9.17) is 9.47 Å². The molecule has 7 nitrogen and oxygen atoms in total. The molecule has 1 N–H and O–H groups in total. The standard InChI is InChI=1S/C26H31FN2O5/c1-26(2,3)34-25(32)29(15-13-18-8-4-5-9-20(18)27)14-7-6-10-22(30)19-11-12-23-21(16-19)28-24(31)17-33-23/h4-5,8-9,11-12,16H,6-7,10,13-15,17H2,1-3H3,(H,28,31). The molecule has 1 aliphatic heterocycles. The second kappa shape index (κ2) is 11.1. The summed E-state index contributed by atoms with van der Waals surface area (Å²) in [4.78, 5) is 38.4. The van der Waals surface area contributed by atoms with Crippen molar-refractivity contribution in [1.82, 2.24) is 4.90 Å². The van der Waals surface area contributed by atoms with Crippen molar-refractivity contribution in [3.63, 3.8) is 0 Å². The second-order valence-electron chi connectivity index (χ2n) is 9.24. The number of carbonyl (C=O) groups excluding carboxylic acids is 3. The molecule has 34 heavy (non-hydrogen) atoms. The van der Waals surface area contributed by atoms with E-state index in [9.17, 15) is 18.8 Å². The average Bonchev–Trinajstić information content (AvgIpc) is 2.77. The van der Waals surface area contributed by atoms with Crippen LogP contribution < -0.4 is 10.1 Å². The fraction of sp³-hybridized carbons (Fsp3) is 0.423. The highest BCUT2D eigenvalue weighted by Gasteiger charge is 2.22. The monoisotopic (exact) mass is 470 g/mol. The maximum atomic E-state index is 14.0. The number of unbranched alkanes of at least 4 members (excludes halogenated alkanes) is 1. The predicted molar refractivity (Wildman–Crippen MR) is 127 cm³/mol. The normalized spacial score (nSPS) is 12.9. The summed E-state index contributed by atoms with van der Waals surface area (Å²) in [6.07, 6.45) is 1.36. The molecule has 1 heterocycles. The van der Waals surface area contributed by atoms with E-state index in [1.165, 1.54) is 6.07 Å². The molecular weight excluding hydrogens is 439 g/mol. The van der Waals surface area contributed by atoms with E-state index >= 15 is 0 Å². The molecule has 0 saturated carbocycles. The first kappa shape index (κ1) is 25.2. The van der Waals surface area contributed by atoms with E-state index < -0.39 is 11.7 Å². The largest absolute Gasteiger partial charge is 0.482 e. The number of hydrogen-bond donors (Lipinski definition) is 1. The predicted octanol–water partition coefficient (Wildman–Crippen LogP) is 4.99. The minimum atomic E-state index is -0.644. The number of amides is 2. The van der Waals surface area contributed by atoms with Crippen molar-refractivity contribution in [3.05, 3.63) is 59.4 Å². The lowest BCUT2D eigenvalue weighted by molar-refractivity contribution is -0.118. The van der Waals surface area contributed by atoms with Gasteiger partial charge in [-0.2, -0.15) is 0 Å². The summed E-state index contributed by atoms with van der Waals surface area (Å²) in [7, 11) is 0. The first-order valence-electron chi connectivity index (χ1n) is 11.4. The molecule has 182 valence electrons. The summed E-state index contributed by atoms with van der Waals surface area (Å²) in [5.41, 5.74) is 0.878. The zero-order valence-electron chi connectivity index (χ0n) is 19.9. The molecular formula is C26H31FN2O5. The average molecular weight is 471 g/mol. The van der Waals surface area contributed by atoms with Crippen LogP contribution in [-0.4, -0.2) is 48.0 Å². The van der Waals surface area contributed by atoms with Gasteiger partial charge in [-0.15, -0.1) is 0 Å². The Balaban J connectivity index is 1.54. The number of Topliss-reactive ketones (excluding diaryl/α,β-unsaturated/α-hetero) is 1. The van der Waals surface area contributed by atoms with Crippen molar-refractivity contribution >= 4 is 23.5 Å². The molecule has 2 aromatic carbocycles. The fourth-order valence-electron chi connectivity index (χ4n) is 3.57. The third-order valence-electron chi connectivity index (χ3n) is 5.28. The van der Waals surface area contributed by atoms with E-state index in [0.29, 0.717) is 61.3 Å². The first-order chi connectivity index (χ1) is 16.1. The van der Waals surface area contributed by atoms with Crippen LogP contribution in [0.25, 0.3) is 0 Å². The van der Waals surface area contributed by atoms with Crippen LogP contribution in [0.5, 0.6) is 5.75 Å². The lowest BCUT2D eigenvalue weighted by Crippen LogP contribution is -2.38. The Morgan fingerprint density at radius 2 is 1.88 bits per heavy atom. The second-order valence-corrected chi connectivity index (χ2v) is 9.24. The van der Waals surface area contributed by atoms with E-state index in [0.717, 1.165) is 0 Å². The maximum absolute atomic E-state index is 14.0. The molecule has 0 unspecified atom stereocenters. The number of hydrogen-bond acceptors (Lipinski definition) is 5. The maximum Gasteiger partial charge on any atom is 0.410 e. The third-order valence-corrected chi connectivity index (χ3v) is 5.28. The Morgan fingerprint density at radius 3 is 2.62 bits per heavy atom. The number of nitrogens with one attached hydrogen (secondary N) is 1. The van der Waals surface area contributed by atoms with Gasteiger partial charge in [-0.25, -0.2) is 9.18 Å². The van der Waals surface area contributed by atoms with Gasteiger partial charge in [0.25, 0.3) is 5.91 Å².